The van der Waals surface area contributed by atoms with Crippen molar-refractivity contribution in [2.45, 2.75) is 0 Å². The Morgan fingerprint density at radius 2 is 2.38 bits per heavy atom. The summed E-state index contributed by atoms with van der Waals surface area (Å²) < 4.78 is 0. The van der Waals surface area contributed by atoms with Gasteiger partial charge in [0.2, 0.25) is 5.95 Å². The topological polar surface area (TPSA) is 104 Å². The average molecular weight is 179 g/mol. The number of rotatable bonds is 1. The summed E-state index contributed by atoms with van der Waals surface area (Å²) in [5.41, 5.74) is 1.09. The molecule has 1 amide bonds. The molecule has 0 unspecified atom stereocenters. The van der Waals surface area contributed by atoms with Crippen LogP contribution < -0.4 is 5.32 Å². The van der Waals surface area contributed by atoms with E-state index in [9.17, 15) is 4.79 Å². The van der Waals surface area contributed by atoms with E-state index in [4.69, 9.17) is 5.11 Å². The molecule has 0 saturated heterocycles. The molecule has 0 spiro atoms. The monoisotopic (exact) mass is 179 g/mol. The third-order valence-corrected chi connectivity index (χ3v) is 1.39. The maximum Gasteiger partial charge on any atom is 0.411 e. The Kier molecular flexibility index (Phi) is 1.55. The van der Waals surface area contributed by atoms with Crippen LogP contribution in [-0.2, 0) is 0 Å². The first-order chi connectivity index (χ1) is 6.25. The van der Waals surface area contributed by atoms with Crippen molar-refractivity contribution >= 4 is 23.2 Å². The first kappa shape index (κ1) is 7.47. The van der Waals surface area contributed by atoms with Crippen LogP contribution >= 0.6 is 0 Å². The molecule has 0 bridgehead atoms. The van der Waals surface area contributed by atoms with Gasteiger partial charge >= 0.3 is 6.09 Å². The second-order valence-corrected chi connectivity index (χ2v) is 2.26. The van der Waals surface area contributed by atoms with Gasteiger partial charge in [-0.15, -0.1) is 0 Å². The van der Waals surface area contributed by atoms with Crippen LogP contribution in [0.2, 0.25) is 0 Å². The predicted octanol–water partition coefficient (Wildman–Crippen LogP) is 0.443. The number of carboxylic acid groups (broad SMARTS) is 1. The fourth-order valence-electron chi connectivity index (χ4n) is 0.892. The lowest BCUT2D eigenvalue weighted by molar-refractivity contribution is 0.209. The third-order valence-electron chi connectivity index (χ3n) is 1.39. The van der Waals surface area contributed by atoms with Crippen molar-refractivity contribution < 1.29 is 9.90 Å². The highest BCUT2D eigenvalue weighted by Gasteiger charge is 2.03. The second kappa shape index (κ2) is 2.70. The predicted molar refractivity (Wildman–Crippen MR) is 43.3 cm³/mol. The molecule has 0 fully saturated rings. The number of H-pyrrole nitrogens is 1. The Balaban J connectivity index is 2.42. The number of hydrogen-bond acceptors (Lipinski definition) is 4. The molecule has 0 radical (unpaired) electrons. The van der Waals surface area contributed by atoms with Crippen LogP contribution in [0, 0.1) is 0 Å². The highest BCUT2D eigenvalue weighted by Crippen LogP contribution is 2.06. The number of imidazole rings is 1. The van der Waals surface area contributed by atoms with Crippen molar-refractivity contribution in [3.05, 3.63) is 12.5 Å². The number of anilines is 1. The van der Waals surface area contributed by atoms with E-state index in [1.165, 1.54) is 12.5 Å². The fraction of sp³-hybridized carbons (Fsp3) is 0. The number of fused-ring (bicyclic) bond motifs is 1. The zero-order chi connectivity index (χ0) is 9.26. The summed E-state index contributed by atoms with van der Waals surface area (Å²) in [6.07, 6.45) is 1.72. The van der Waals surface area contributed by atoms with E-state index in [-0.39, 0.29) is 5.95 Å². The fourth-order valence-corrected chi connectivity index (χ4v) is 0.892. The van der Waals surface area contributed by atoms with E-state index in [0.717, 1.165) is 0 Å². The Morgan fingerprint density at radius 3 is 3.15 bits per heavy atom. The van der Waals surface area contributed by atoms with E-state index in [2.05, 4.69) is 19.9 Å². The summed E-state index contributed by atoms with van der Waals surface area (Å²) in [6.45, 7) is 0. The molecule has 2 aromatic heterocycles. The Hall–Kier alpha value is -2.18. The van der Waals surface area contributed by atoms with Gasteiger partial charge in [-0.1, -0.05) is 0 Å². The lowest BCUT2D eigenvalue weighted by atomic mass is 10.6. The average Bonchev–Trinajstić information content (AvgIpc) is 2.49. The number of aromatic amines is 1. The van der Waals surface area contributed by atoms with Gasteiger partial charge < -0.3 is 10.1 Å². The van der Waals surface area contributed by atoms with Crippen LogP contribution in [0.25, 0.3) is 11.2 Å². The molecule has 7 heteroatoms. The molecule has 7 nitrogen and oxygen atoms in total. The maximum absolute atomic E-state index is 10.2. The van der Waals surface area contributed by atoms with Gasteiger partial charge in [0.15, 0.2) is 5.65 Å². The minimum absolute atomic E-state index is 0.0205. The second-order valence-electron chi connectivity index (χ2n) is 2.26. The number of nitrogens with one attached hydrogen (secondary N) is 2. The van der Waals surface area contributed by atoms with Gasteiger partial charge in [0, 0.05) is 0 Å². The Bertz CT molecular complexity index is 451. The smallest absolute Gasteiger partial charge is 0.411 e. The zero-order valence-electron chi connectivity index (χ0n) is 6.35. The van der Waals surface area contributed by atoms with Crippen molar-refractivity contribution in [2.24, 2.45) is 0 Å². The normalized spacial score (nSPS) is 10.2. The Labute approximate surface area is 71.9 Å². The van der Waals surface area contributed by atoms with Gasteiger partial charge in [-0.25, -0.2) is 14.8 Å². The molecule has 0 aromatic carbocycles. The standard InChI is InChI=1S/C6H5N5O2/c12-6(13)11-5-7-1-3-4(10-5)9-2-8-3/h1-2H,(H,12,13)(H2,7,8,9,10,11). The molecule has 66 valence electrons. The third kappa shape index (κ3) is 1.39. The molecule has 2 heterocycles. The van der Waals surface area contributed by atoms with Gasteiger partial charge in [-0.05, 0) is 0 Å². The van der Waals surface area contributed by atoms with Crippen LogP contribution in [0.1, 0.15) is 0 Å². The number of aromatic nitrogens is 4. The van der Waals surface area contributed by atoms with E-state index in [1.54, 1.807) is 0 Å². The summed E-state index contributed by atoms with van der Waals surface area (Å²) in [5, 5.41) is 10.4. The molecule has 3 N–H and O–H groups in total. The van der Waals surface area contributed by atoms with Gasteiger partial charge in [0.05, 0.1) is 12.5 Å². The van der Waals surface area contributed by atoms with E-state index < -0.39 is 6.09 Å². The van der Waals surface area contributed by atoms with Gasteiger partial charge in [0.1, 0.15) is 5.52 Å². The summed E-state index contributed by atoms with van der Waals surface area (Å²) in [5.74, 6) is 0.0205. The minimum Gasteiger partial charge on any atom is -0.465 e. The molecule has 0 aliphatic carbocycles. The van der Waals surface area contributed by atoms with Gasteiger partial charge in [-0.2, -0.15) is 4.98 Å². The quantitative estimate of drug-likeness (QED) is 0.589. The number of hydrogen-bond donors (Lipinski definition) is 3. The molecule has 0 aliphatic rings. The van der Waals surface area contributed by atoms with Crippen molar-refractivity contribution in [1.82, 2.24) is 19.9 Å². The van der Waals surface area contributed by atoms with Crippen LogP contribution in [0.15, 0.2) is 12.5 Å². The Morgan fingerprint density at radius 1 is 1.54 bits per heavy atom. The molecular weight excluding hydrogens is 174 g/mol. The SMILES string of the molecule is O=C(O)Nc1ncc2[nH]cnc2n1. The highest BCUT2D eigenvalue weighted by atomic mass is 16.4. The van der Waals surface area contributed by atoms with Crippen molar-refractivity contribution in [3.8, 4) is 0 Å². The zero-order valence-corrected chi connectivity index (χ0v) is 6.35. The summed E-state index contributed by atoms with van der Waals surface area (Å²) >= 11 is 0. The van der Waals surface area contributed by atoms with E-state index >= 15 is 0 Å². The van der Waals surface area contributed by atoms with Crippen molar-refractivity contribution in [3.63, 3.8) is 0 Å². The van der Waals surface area contributed by atoms with E-state index in [1.807, 2.05) is 5.32 Å². The largest absolute Gasteiger partial charge is 0.465 e. The molecule has 2 aromatic rings. The molecule has 0 atom stereocenters. The summed E-state index contributed by atoms with van der Waals surface area (Å²) in [7, 11) is 0. The van der Waals surface area contributed by atoms with Gasteiger partial charge in [0.25, 0.3) is 0 Å². The molecule has 0 saturated carbocycles. The van der Waals surface area contributed by atoms with Crippen LogP contribution in [0.3, 0.4) is 0 Å². The molecular formula is C6H5N5O2. The van der Waals surface area contributed by atoms with Gasteiger partial charge in [-0.3, -0.25) is 5.32 Å². The van der Waals surface area contributed by atoms with E-state index in [0.29, 0.717) is 11.2 Å². The molecule has 13 heavy (non-hydrogen) atoms. The summed E-state index contributed by atoms with van der Waals surface area (Å²) in [4.78, 5) is 24.4. The molecule has 2 rings (SSSR count). The molecule has 0 aliphatic heterocycles. The van der Waals surface area contributed by atoms with Crippen molar-refractivity contribution in [1.29, 1.82) is 0 Å². The lowest BCUT2D eigenvalue weighted by Gasteiger charge is -1.96. The minimum atomic E-state index is -1.20. The van der Waals surface area contributed by atoms with Crippen molar-refractivity contribution in [2.75, 3.05) is 5.32 Å². The van der Waals surface area contributed by atoms with Crippen LogP contribution in [0.5, 0.6) is 0 Å². The first-order valence-electron chi connectivity index (χ1n) is 3.42. The highest BCUT2D eigenvalue weighted by molar-refractivity contribution is 5.81. The summed E-state index contributed by atoms with van der Waals surface area (Å²) in [6, 6.07) is 0. The number of amides is 1. The maximum atomic E-state index is 10.2. The lowest BCUT2D eigenvalue weighted by Crippen LogP contribution is -2.10. The van der Waals surface area contributed by atoms with Crippen LogP contribution in [-0.4, -0.2) is 31.1 Å². The first-order valence-corrected chi connectivity index (χ1v) is 3.42. The van der Waals surface area contributed by atoms with Crippen LogP contribution in [0.4, 0.5) is 10.7 Å². The number of carbonyl (C=O) groups is 1. The number of nitrogens with zero attached hydrogens (tertiary/aromatic N) is 3.